The lowest BCUT2D eigenvalue weighted by Gasteiger charge is -2.24. The predicted molar refractivity (Wildman–Crippen MR) is 99.3 cm³/mol. The van der Waals surface area contributed by atoms with E-state index in [9.17, 15) is 4.79 Å². The van der Waals surface area contributed by atoms with E-state index in [1.165, 1.54) is 11.1 Å². The molecule has 3 rings (SSSR count). The van der Waals surface area contributed by atoms with Crippen LogP contribution in [0.2, 0.25) is 0 Å². The van der Waals surface area contributed by atoms with Gasteiger partial charge < -0.3 is 9.64 Å². The molecule has 0 atom stereocenters. The minimum atomic E-state index is -0.134. The number of hydrogen-bond acceptors (Lipinski definition) is 5. The summed E-state index contributed by atoms with van der Waals surface area (Å²) in [5.74, 6) is -0.134. The third-order valence-corrected chi connectivity index (χ3v) is 4.76. The average molecular weight is 392 g/mol. The Labute approximate surface area is 150 Å². The Bertz CT molecular complexity index is 722. The van der Waals surface area contributed by atoms with Crippen LogP contribution in [0, 0.1) is 0 Å². The highest BCUT2D eigenvalue weighted by Crippen LogP contribution is 2.28. The predicted octanol–water partition coefficient (Wildman–Crippen LogP) is 3.07. The zero-order chi connectivity index (χ0) is 16.9. The SMILES string of the molecule is CCOC(=O)CN1CCCN(c2ccnc3cc(Br)ccc23)CC1. The zero-order valence-corrected chi connectivity index (χ0v) is 15.5. The Morgan fingerprint density at radius 3 is 2.96 bits per heavy atom. The highest BCUT2D eigenvalue weighted by atomic mass is 79.9. The fourth-order valence-corrected chi connectivity index (χ4v) is 3.49. The van der Waals surface area contributed by atoms with Crippen LogP contribution in [0.5, 0.6) is 0 Å². The first-order valence-electron chi connectivity index (χ1n) is 8.34. The lowest BCUT2D eigenvalue weighted by atomic mass is 10.1. The molecule has 1 aliphatic heterocycles. The van der Waals surface area contributed by atoms with Crippen molar-refractivity contribution in [2.45, 2.75) is 13.3 Å². The van der Waals surface area contributed by atoms with Crippen molar-refractivity contribution in [1.29, 1.82) is 0 Å². The van der Waals surface area contributed by atoms with Crippen molar-refractivity contribution in [2.75, 3.05) is 44.2 Å². The Balaban J connectivity index is 1.73. The van der Waals surface area contributed by atoms with Gasteiger partial charge in [0.25, 0.3) is 0 Å². The van der Waals surface area contributed by atoms with Crippen LogP contribution in [0.25, 0.3) is 10.9 Å². The number of anilines is 1. The number of ether oxygens (including phenoxy) is 1. The normalized spacial score (nSPS) is 16.2. The average Bonchev–Trinajstić information content (AvgIpc) is 2.79. The van der Waals surface area contributed by atoms with Gasteiger partial charge in [-0.1, -0.05) is 15.9 Å². The zero-order valence-electron chi connectivity index (χ0n) is 13.9. The summed E-state index contributed by atoms with van der Waals surface area (Å²) in [5.41, 5.74) is 2.21. The molecule has 128 valence electrons. The third-order valence-electron chi connectivity index (χ3n) is 4.27. The summed E-state index contributed by atoms with van der Waals surface area (Å²) in [6.07, 6.45) is 2.89. The molecule has 0 spiro atoms. The van der Waals surface area contributed by atoms with E-state index >= 15 is 0 Å². The molecule has 0 radical (unpaired) electrons. The number of fused-ring (bicyclic) bond motifs is 1. The Morgan fingerprint density at radius 2 is 2.12 bits per heavy atom. The molecule has 0 N–H and O–H groups in total. The van der Waals surface area contributed by atoms with E-state index in [4.69, 9.17) is 4.74 Å². The van der Waals surface area contributed by atoms with E-state index in [1.807, 2.05) is 19.2 Å². The molecular weight excluding hydrogens is 370 g/mol. The maximum atomic E-state index is 11.7. The number of esters is 1. The number of aromatic nitrogens is 1. The van der Waals surface area contributed by atoms with E-state index < -0.39 is 0 Å². The van der Waals surface area contributed by atoms with Crippen molar-refractivity contribution in [3.8, 4) is 0 Å². The molecule has 24 heavy (non-hydrogen) atoms. The standard InChI is InChI=1S/C18H22BrN3O2/c1-2-24-18(23)13-21-8-3-9-22(11-10-21)17-6-7-20-16-12-14(19)4-5-15(16)17/h4-7,12H,2-3,8-11,13H2,1H3. The third kappa shape index (κ3) is 4.05. The smallest absolute Gasteiger partial charge is 0.320 e. The van der Waals surface area contributed by atoms with E-state index in [2.05, 4.69) is 48.9 Å². The van der Waals surface area contributed by atoms with Gasteiger partial charge in [0.2, 0.25) is 0 Å². The summed E-state index contributed by atoms with van der Waals surface area (Å²) >= 11 is 3.50. The maximum absolute atomic E-state index is 11.7. The van der Waals surface area contributed by atoms with Gasteiger partial charge in [-0.25, -0.2) is 0 Å². The van der Waals surface area contributed by atoms with Crippen molar-refractivity contribution < 1.29 is 9.53 Å². The topological polar surface area (TPSA) is 45.7 Å². The molecule has 0 amide bonds. The molecule has 0 aliphatic carbocycles. The number of hydrogen-bond donors (Lipinski definition) is 0. The molecule has 0 bridgehead atoms. The molecule has 2 heterocycles. The molecule has 2 aromatic rings. The van der Waals surface area contributed by atoms with E-state index in [-0.39, 0.29) is 5.97 Å². The quantitative estimate of drug-likeness (QED) is 0.749. The first-order valence-corrected chi connectivity index (χ1v) is 9.14. The van der Waals surface area contributed by atoms with Crippen LogP contribution in [-0.2, 0) is 9.53 Å². The molecule has 6 heteroatoms. The van der Waals surface area contributed by atoms with Crippen LogP contribution in [-0.4, -0.2) is 55.2 Å². The summed E-state index contributed by atoms with van der Waals surface area (Å²) in [7, 11) is 0. The van der Waals surface area contributed by atoms with Gasteiger partial charge in [0.15, 0.2) is 0 Å². The van der Waals surface area contributed by atoms with Crippen molar-refractivity contribution in [3.05, 3.63) is 34.9 Å². The second-order valence-electron chi connectivity index (χ2n) is 5.91. The van der Waals surface area contributed by atoms with Crippen molar-refractivity contribution in [3.63, 3.8) is 0 Å². The maximum Gasteiger partial charge on any atom is 0.320 e. The number of benzene rings is 1. The molecule has 1 aromatic heterocycles. The van der Waals surface area contributed by atoms with Crippen LogP contribution < -0.4 is 4.90 Å². The van der Waals surface area contributed by atoms with Crippen molar-refractivity contribution >= 4 is 38.5 Å². The molecule has 1 saturated heterocycles. The van der Waals surface area contributed by atoms with Gasteiger partial charge in [-0.3, -0.25) is 14.7 Å². The summed E-state index contributed by atoms with van der Waals surface area (Å²) in [4.78, 5) is 20.7. The van der Waals surface area contributed by atoms with Gasteiger partial charge in [-0.15, -0.1) is 0 Å². The molecule has 0 unspecified atom stereocenters. The molecule has 1 aromatic carbocycles. The Morgan fingerprint density at radius 1 is 1.25 bits per heavy atom. The lowest BCUT2D eigenvalue weighted by molar-refractivity contribution is -0.144. The van der Waals surface area contributed by atoms with Gasteiger partial charge >= 0.3 is 5.97 Å². The van der Waals surface area contributed by atoms with Crippen LogP contribution in [0.1, 0.15) is 13.3 Å². The van der Waals surface area contributed by atoms with E-state index in [1.54, 1.807) is 0 Å². The van der Waals surface area contributed by atoms with E-state index in [0.717, 1.165) is 42.6 Å². The summed E-state index contributed by atoms with van der Waals surface area (Å²) < 4.78 is 6.10. The number of pyridine rings is 1. The van der Waals surface area contributed by atoms with Crippen LogP contribution >= 0.6 is 15.9 Å². The summed E-state index contributed by atoms with van der Waals surface area (Å²) in [5, 5.41) is 1.17. The highest BCUT2D eigenvalue weighted by molar-refractivity contribution is 9.10. The molecular formula is C18H22BrN3O2. The minimum Gasteiger partial charge on any atom is -0.465 e. The van der Waals surface area contributed by atoms with Crippen molar-refractivity contribution in [1.82, 2.24) is 9.88 Å². The number of carbonyl (C=O) groups is 1. The van der Waals surface area contributed by atoms with Crippen LogP contribution in [0.4, 0.5) is 5.69 Å². The fraction of sp³-hybridized carbons (Fsp3) is 0.444. The van der Waals surface area contributed by atoms with Gasteiger partial charge in [-0.2, -0.15) is 0 Å². The number of nitrogens with zero attached hydrogens (tertiary/aromatic N) is 3. The second-order valence-corrected chi connectivity index (χ2v) is 6.83. The first kappa shape index (κ1) is 17.2. The summed E-state index contributed by atoms with van der Waals surface area (Å²) in [6, 6.07) is 8.29. The Kier molecular flexibility index (Phi) is 5.68. The van der Waals surface area contributed by atoms with Crippen LogP contribution in [0.3, 0.4) is 0 Å². The first-order chi connectivity index (χ1) is 11.7. The van der Waals surface area contributed by atoms with Gasteiger partial charge in [0.05, 0.1) is 18.7 Å². The monoisotopic (exact) mass is 391 g/mol. The fourth-order valence-electron chi connectivity index (χ4n) is 3.14. The minimum absolute atomic E-state index is 0.134. The highest BCUT2D eigenvalue weighted by Gasteiger charge is 2.19. The Hall–Kier alpha value is -1.66. The summed E-state index contributed by atoms with van der Waals surface area (Å²) in [6.45, 7) is 6.32. The number of halogens is 1. The van der Waals surface area contributed by atoms with Gasteiger partial charge in [-0.05, 0) is 37.6 Å². The molecule has 0 saturated carbocycles. The second kappa shape index (κ2) is 7.94. The number of rotatable bonds is 4. The largest absolute Gasteiger partial charge is 0.465 e. The van der Waals surface area contributed by atoms with Crippen molar-refractivity contribution in [2.24, 2.45) is 0 Å². The molecule has 5 nitrogen and oxygen atoms in total. The molecule has 1 aliphatic rings. The lowest BCUT2D eigenvalue weighted by Crippen LogP contribution is -2.35. The van der Waals surface area contributed by atoms with Gasteiger partial charge in [0, 0.05) is 47.9 Å². The van der Waals surface area contributed by atoms with Crippen LogP contribution in [0.15, 0.2) is 34.9 Å². The van der Waals surface area contributed by atoms with E-state index in [0.29, 0.717) is 13.2 Å². The number of carbonyl (C=O) groups excluding carboxylic acids is 1. The van der Waals surface area contributed by atoms with Gasteiger partial charge in [0.1, 0.15) is 0 Å². The molecule has 1 fully saturated rings.